The van der Waals surface area contributed by atoms with Crippen molar-refractivity contribution in [3.63, 3.8) is 0 Å². The van der Waals surface area contributed by atoms with E-state index < -0.39 is 23.3 Å². The Hall–Kier alpha value is -1.72. The number of rotatable bonds is 5. The average molecular weight is 332 g/mol. The summed E-state index contributed by atoms with van der Waals surface area (Å²) < 4.78 is 17.1. The lowest BCUT2D eigenvalue weighted by Crippen LogP contribution is -2.50. The van der Waals surface area contributed by atoms with E-state index in [0.717, 1.165) is 18.4 Å². The van der Waals surface area contributed by atoms with Crippen molar-refractivity contribution < 1.29 is 23.8 Å². The molecule has 1 aromatic carbocycles. The first-order chi connectivity index (χ1) is 11.5. The average Bonchev–Trinajstić information content (AvgIpc) is 2.83. The number of esters is 1. The second-order valence-electron chi connectivity index (χ2n) is 6.68. The summed E-state index contributed by atoms with van der Waals surface area (Å²) in [6.45, 7) is 4.15. The molecule has 1 aliphatic heterocycles. The molecule has 3 rings (SSSR count). The maximum atomic E-state index is 12.9. The number of hydrogen-bond donors (Lipinski definition) is 0. The van der Waals surface area contributed by atoms with Crippen LogP contribution in [0.3, 0.4) is 0 Å². The van der Waals surface area contributed by atoms with Crippen LogP contribution in [-0.4, -0.2) is 30.3 Å². The third-order valence-electron chi connectivity index (χ3n) is 5.18. The van der Waals surface area contributed by atoms with Crippen LogP contribution in [-0.2, 0) is 30.4 Å². The lowest BCUT2D eigenvalue weighted by molar-refractivity contribution is -0.285. The number of carbonyl (C=O) groups is 2. The number of fused-ring (bicyclic) bond motifs is 1. The lowest BCUT2D eigenvalue weighted by atomic mass is 9.68. The minimum absolute atomic E-state index is 0.214. The minimum Gasteiger partial charge on any atom is -0.464 e. The number of carbonyl (C=O) groups excluding carboxylic acids is 2. The van der Waals surface area contributed by atoms with Crippen LogP contribution in [0.1, 0.15) is 45.1 Å². The molecule has 1 aromatic rings. The summed E-state index contributed by atoms with van der Waals surface area (Å²) in [6.07, 6.45) is 1.93. The Morgan fingerprint density at radius 1 is 1.25 bits per heavy atom. The number of Topliss-reactive ketones (excluding diaryl/α,β-unsaturated/α-hetero) is 1. The molecule has 0 amide bonds. The van der Waals surface area contributed by atoms with E-state index in [1.807, 2.05) is 37.3 Å². The third-order valence-corrected chi connectivity index (χ3v) is 5.18. The Kier molecular flexibility index (Phi) is 4.74. The van der Waals surface area contributed by atoms with Gasteiger partial charge in [0.25, 0.3) is 0 Å². The van der Waals surface area contributed by atoms with Gasteiger partial charge < -0.3 is 14.2 Å². The predicted octanol–water partition coefficient (Wildman–Crippen LogP) is 3.01. The van der Waals surface area contributed by atoms with Gasteiger partial charge >= 0.3 is 5.97 Å². The van der Waals surface area contributed by atoms with E-state index in [1.54, 1.807) is 6.92 Å². The van der Waals surface area contributed by atoms with Crippen molar-refractivity contribution in [3.05, 3.63) is 35.9 Å². The molecule has 24 heavy (non-hydrogen) atoms. The van der Waals surface area contributed by atoms with Crippen LogP contribution >= 0.6 is 0 Å². The quantitative estimate of drug-likeness (QED) is 0.613. The van der Waals surface area contributed by atoms with Crippen molar-refractivity contribution in [3.8, 4) is 0 Å². The van der Waals surface area contributed by atoms with Crippen molar-refractivity contribution in [2.75, 3.05) is 6.61 Å². The summed E-state index contributed by atoms with van der Waals surface area (Å²) in [7, 11) is 0. The fourth-order valence-electron chi connectivity index (χ4n) is 3.75. The lowest BCUT2D eigenvalue weighted by Gasteiger charge is -2.43. The van der Waals surface area contributed by atoms with E-state index in [0.29, 0.717) is 19.4 Å². The van der Waals surface area contributed by atoms with Gasteiger partial charge in [-0.2, -0.15) is 0 Å². The van der Waals surface area contributed by atoms with Crippen molar-refractivity contribution in [2.24, 2.45) is 5.41 Å². The maximum absolute atomic E-state index is 12.9. The maximum Gasteiger partial charge on any atom is 0.343 e. The molecule has 3 atom stereocenters. The van der Waals surface area contributed by atoms with Gasteiger partial charge in [0, 0.05) is 6.42 Å². The zero-order chi connectivity index (χ0) is 17.2. The highest BCUT2D eigenvalue weighted by Gasteiger charge is 2.66. The molecule has 1 saturated carbocycles. The largest absolute Gasteiger partial charge is 0.464 e. The fraction of sp³-hybridized carbons (Fsp3) is 0.579. The Balaban J connectivity index is 1.84. The molecule has 5 nitrogen and oxygen atoms in total. The number of ketones is 1. The van der Waals surface area contributed by atoms with Crippen molar-refractivity contribution in [1.29, 1.82) is 0 Å². The van der Waals surface area contributed by atoms with Gasteiger partial charge in [0.2, 0.25) is 6.10 Å². The molecule has 5 heteroatoms. The normalized spacial score (nSPS) is 32.4. The molecule has 1 heterocycles. The van der Waals surface area contributed by atoms with Gasteiger partial charge in [0.1, 0.15) is 0 Å². The highest BCUT2D eigenvalue weighted by atomic mass is 16.7. The zero-order valence-electron chi connectivity index (χ0n) is 14.2. The molecule has 0 spiro atoms. The molecule has 1 aliphatic carbocycles. The van der Waals surface area contributed by atoms with Gasteiger partial charge in [-0.15, -0.1) is 0 Å². The van der Waals surface area contributed by atoms with Crippen molar-refractivity contribution in [2.45, 2.75) is 58.0 Å². The van der Waals surface area contributed by atoms with Crippen LogP contribution in [0.5, 0.6) is 0 Å². The minimum atomic E-state index is -1.18. The van der Waals surface area contributed by atoms with Crippen LogP contribution < -0.4 is 0 Å². The van der Waals surface area contributed by atoms with E-state index in [9.17, 15) is 9.59 Å². The van der Waals surface area contributed by atoms with Gasteiger partial charge in [0.15, 0.2) is 11.6 Å². The number of benzene rings is 1. The standard InChI is InChI=1S/C19H24O5/c1-3-22-17(21)15-16(20)18(2)11-7-8-12-19(18,24-15)23-13-14-9-5-4-6-10-14/h4-6,9-10,15H,3,7-8,11-13H2,1-2H3/t15?,18-,19-/m1/s1. The molecule has 1 unspecified atom stereocenters. The molecule has 2 fully saturated rings. The van der Waals surface area contributed by atoms with Crippen LogP contribution in [0.15, 0.2) is 30.3 Å². The van der Waals surface area contributed by atoms with E-state index in [1.165, 1.54) is 0 Å². The molecular formula is C19H24O5. The summed E-state index contributed by atoms with van der Waals surface area (Å²) in [5.74, 6) is -1.87. The van der Waals surface area contributed by atoms with Crippen LogP contribution in [0.4, 0.5) is 0 Å². The van der Waals surface area contributed by atoms with E-state index in [2.05, 4.69) is 0 Å². The summed E-state index contributed by atoms with van der Waals surface area (Å²) in [6, 6.07) is 9.77. The Morgan fingerprint density at radius 3 is 2.67 bits per heavy atom. The Bertz CT molecular complexity index is 613. The molecule has 1 saturated heterocycles. The summed E-state index contributed by atoms with van der Waals surface area (Å²) in [4.78, 5) is 25.0. The smallest absolute Gasteiger partial charge is 0.343 e. The van der Waals surface area contributed by atoms with E-state index in [-0.39, 0.29) is 12.4 Å². The van der Waals surface area contributed by atoms with Gasteiger partial charge in [-0.3, -0.25) is 4.79 Å². The van der Waals surface area contributed by atoms with E-state index in [4.69, 9.17) is 14.2 Å². The predicted molar refractivity (Wildman–Crippen MR) is 87.1 cm³/mol. The van der Waals surface area contributed by atoms with Gasteiger partial charge in [-0.1, -0.05) is 36.8 Å². The first-order valence-corrected chi connectivity index (χ1v) is 8.59. The van der Waals surface area contributed by atoms with Crippen LogP contribution in [0.25, 0.3) is 0 Å². The monoisotopic (exact) mass is 332 g/mol. The molecule has 0 bridgehead atoms. The van der Waals surface area contributed by atoms with Gasteiger partial charge in [-0.05, 0) is 32.3 Å². The first kappa shape index (κ1) is 17.1. The Labute approximate surface area is 142 Å². The van der Waals surface area contributed by atoms with Gasteiger partial charge in [0.05, 0.1) is 18.6 Å². The topological polar surface area (TPSA) is 61.8 Å². The van der Waals surface area contributed by atoms with Gasteiger partial charge in [-0.25, -0.2) is 4.79 Å². The van der Waals surface area contributed by atoms with Crippen LogP contribution in [0.2, 0.25) is 0 Å². The highest BCUT2D eigenvalue weighted by Crippen LogP contribution is 2.54. The van der Waals surface area contributed by atoms with E-state index >= 15 is 0 Å². The first-order valence-electron chi connectivity index (χ1n) is 8.59. The summed E-state index contributed by atoms with van der Waals surface area (Å²) in [5, 5.41) is 0. The number of ether oxygens (including phenoxy) is 3. The van der Waals surface area contributed by atoms with Crippen molar-refractivity contribution >= 4 is 11.8 Å². The van der Waals surface area contributed by atoms with Crippen molar-refractivity contribution in [1.82, 2.24) is 0 Å². The molecule has 0 radical (unpaired) electrons. The molecule has 130 valence electrons. The SMILES string of the molecule is CCOC(=O)C1O[C@]2(OCc3ccccc3)CCCC[C@]2(C)C1=O. The zero-order valence-corrected chi connectivity index (χ0v) is 14.2. The molecular weight excluding hydrogens is 308 g/mol. The molecule has 0 aromatic heterocycles. The molecule has 0 N–H and O–H groups in total. The molecule has 2 aliphatic rings. The highest BCUT2D eigenvalue weighted by molar-refractivity contribution is 6.06. The fourth-order valence-corrected chi connectivity index (χ4v) is 3.75. The second-order valence-corrected chi connectivity index (χ2v) is 6.68. The van der Waals surface area contributed by atoms with Crippen LogP contribution in [0, 0.1) is 5.41 Å². The third kappa shape index (κ3) is 2.76. The second kappa shape index (κ2) is 6.65. The Morgan fingerprint density at radius 2 is 1.96 bits per heavy atom. The number of hydrogen-bond acceptors (Lipinski definition) is 5. The summed E-state index contributed by atoms with van der Waals surface area (Å²) >= 11 is 0. The summed E-state index contributed by atoms with van der Waals surface area (Å²) in [5.41, 5.74) is 0.202.